The van der Waals surface area contributed by atoms with Gasteiger partial charge in [-0.05, 0) is 18.4 Å². The molecule has 0 radical (unpaired) electrons. The molecular weight excluding hydrogens is 270 g/mol. The second kappa shape index (κ2) is 7.22. The molecule has 1 saturated carbocycles. The first-order valence-electron chi connectivity index (χ1n) is 7.35. The van der Waals surface area contributed by atoms with Crippen LogP contribution in [0.5, 0.6) is 0 Å². The summed E-state index contributed by atoms with van der Waals surface area (Å²) in [6, 6.07) is 8.01. The monoisotopic (exact) mass is 291 g/mol. The lowest BCUT2D eigenvalue weighted by molar-refractivity contribution is -0.148. The SMILES string of the molecule is O=C(O)CN(C1CCCCC1)C(C(=O)O)c1ccccc1. The van der Waals surface area contributed by atoms with Crippen molar-refractivity contribution in [2.45, 2.75) is 44.2 Å². The molecule has 0 spiro atoms. The Hall–Kier alpha value is -1.88. The predicted molar refractivity (Wildman–Crippen MR) is 78.0 cm³/mol. The first-order valence-corrected chi connectivity index (χ1v) is 7.35. The van der Waals surface area contributed by atoms with Gasteiger partial charge in [0.25, 0.3) is 0 Å². The Labute approximate surface area is 124 Å². The summed E-state index contributed by atoms with van der Waals surface area (Å²) in [7, 11) is 0. The zero-order chi connectivity index (χ0) is 15.2. The minimum atomic E-state index is -0.993. The normalized spacial score (nSPS) is 17.6. The Balaban J connectivity index is 2.30. The highest BCUT2D eigenvalue weighted by atomic mass is 16.4. The Morgan fingerprint density at radius 3 is 2.24 bits per heavy atom. The van der Waals surface area contributed by atoms with Crippen LogP contribution in [0.3, 0.4) is 0 Å². The first-order chi connectivity index (χ1) is 10.1. The van der Waals surface area contributed by atoms with Crippen LogP contribution in [0.2, 0.25) is 0 Å². The van der Waals surface area contributed by atoms with Gasteiger partial charge in [-0.1, -0.05) is 49.6 Å². The van der Waals surface area contributed by atoms with E-state index in [9.17, 15) is 14.7 Å². The highest BCUT2D eigenvalue weighted by Crippen LogP contribution is 2.30. The fourth-order valence-electron chi connectivity index (χ4n) is 3.11. The van der Waals surface area contributed by atoms with Crippen LogP contribution in [-0.4, -0.2) is 39.6 Å². The van der Waals surface area contributed by atoms with Crippen molar-refractivity contribution >= 4 is 11.9 Å². The maximum Gasteiger partial charge on any atom is 0.325 e. The minimum absolute atomic E-state index is 0.0242. The zero-order valence-corrected chi connectivity index (χ0v) is 11.9. The van der Waals surface area contributed by atoms with Gasteiger partial charge in [-0.2, -0.15) is 0 Å². The third kappa shape index (κ3) is 4.04. The Morgan fingerprint density at radius 1 is 1.10 bits per heavy atom. The van der Waals surface area contributed by atoms with E-state index in [0.29, 0.717) is 5.56 Å². The topological polar surface area (TPSA) is 77.8 Å². The van der Waals surface area contributed by atoms with Gasteiger partial charge in [-0.15, -0.1) is 0 Å². The number of rotatable bonds is 6. The van der Waals surface area contributed by atoms with Crippen LogP contribution >= 0.6 is 0 Å². The van der Waals surface area contributed by atoms with Crippen molar-refractivity contribution < 1.29 is 19.8 Å². The highest BCUT2D eigenvalue weighted by molar-refractivity contribution is 5.77. The molecule has 5 heteroatoms. The number of carboxylic acids is 2. The summed E-state index contributed by atoms with van der Waals surface area (Å²) < 4.78 is 0. The smallest absolute Gasteiger partial charge is 0.325 e. The summed E-state index contributed by atoms with van der Waals surface area (Å²) in [5.41, 5.74) is 0.636. The van der Waals surface area contributed by atoms with E-state index in [1.807, 2.05) is 6.07 Å². The van der Waals surface area contributed by atoms with Crippen molar-refractivity contribution in [1.82, 2.24) is 4.90 Å². The molecule has 0 saturated heterocycles. The average molecular weight is 291 g/mol. The minimum Gasteiger partial charge on any atom is -0.480 e. The Bertz CT molecular complexity index is 482. The van der Waals surface area contributed by atoms with Crippen molar-refractivity contribution in [1.29, 1.82) is 0 Å². The molecule has 2 rings (SSSR count). The van der Waals surface area contributed by atoms with E-state index in [1.54, 1.807) is 29.2 Å². The van der Waals surface area contributed by atoms with Gasteiger partial charge in [0.05, 0.1) is 6.54 Å². The van der Waals surface area contributed by atoms with Gasteiger partial charge in [0.15, 0.2) is 0 Å². The largest absolute Gasteiger partial charge is 0.480 e. The number of hydrogen-bond donors (Lipinski definition) is 2. The van der Waals surface area contributed by atoms with Gasteiger partial charge in [0.2, 0.25) is 0 Å². The molecule has 1 aromatic rings. The molecule has 2 N–H and O–H groups in total. The predicted octanol–water partition coefficient (Wildman–Crippen LogP) is 2.53. The molecule has 1 aromatic carbocycles. The van der Waals surface area contributed by atoms with E-state index >= 15 is 0 Å². The summed E-state index contributed by atoms with van der Waals surface area (Å²) in [4.78, 5) is 24.5. The number of carboxylic acid groups (broad SMARTS) is 2. The van der Waals surface area contributed by atoms with Gasteiger partial charge in [0.1, 0.15) is 6.04 Å². The van der Waals surface area contributed by atoms with Crippen LogP contribution < -0.4 is 0 Å². The van der Waals surface area contributed by atoms with Crippen molar-refractivity contribution in [2.24, 2.45) is 0 Å². The molecular formula is C16H21NO4. The Morgan fingerprint density at radius 2 is 1.71 bits per heavy atom. The molecule has 1 atom stereocenters. The lowest BCUT2D eigenvalue weighted by Gasteiger charge is -2.37. The van der Waals surface area contributed by atoms with Crippen LogP contribution in [0.4, 0.5) is 0 Å². The van der Waals surface area contributed by atoms with Crippen molar-refractivity contribution in [3.63, 3.8) is 0 Å². The van der Waals surface area contributed by atoms with Crippen molar-refractivity contribution in [3.8, 4) is 0 Å². The summed E-state index contributed by atoms with van der Waals surface area (Å²) in [6.07, 6.45) is 4.93. The third-order valence-electron chi connectivity index (χ3n) is 4.04. The number of carbonyl (C=O) groups is 2. The number of hydrogen-bond acceptors (Lipinski definition) is 3. The van der Waals surface area contributed by atoms with Crippen LogP contribution in [-0.2, 0) is 9.59 Å². The van der Waals surface area contributed by atoms with Crippen molar-refractivity contribution in [2.75, 3.05) is 6.54 Å². The zero-order valence-electron chi connectivity index (χ0n) is 11.9. The molecule has 1 fully saturated rings. The van der Waals surface area contributed by atoms with Crippen LogP contribution in [0, 0.1) is 0 Å². The molecule has 0 bridgehead atoms. The fraction of sp³-hybridized carbons (Fsp3) is 0.500. The van der Waals surface area contributed by atoms with E-state index in [0.717, 1.165) is 32.1 Å². The number of nitrogens with zero attached hydrogens (tertiary/aromatic N) is 1. The summed E-state index contributed by atoms with van der Waals surface area (Å²) >= 11 is 0. The van der Waals surface area contributed by atoms with Gasteiger partial charge in [-0.25, -0.2) is 0 Å². The molecule has 0 heterocycles. The van der Waals surface area contributed by atoms with Gasteiger partial charge < -0.3 is 10.2 Å². The van der Waals surface area contributed by atoms with E-state index in [4.69, 9.17) is 5.11 Å². The number of aliphatic carboxylic acids is 2. The lowest BCUT2D eigenvalue weighted by atomic mass is 9.91. The van der Waals surface area contributed by atoms with Gasteiger partial charge >= 0.3 is 11.9 Å². The molecule has 0 aliphatic heterocycles. The molecule has 1 aliphatic carbocycles. The highest BCUT2D eigenvalue weighted by Gasteiger charge is 2.34. The lowest BCUT2D eigenvalue weighted by Crippen LogP contribution is -2.45. The van der Waals surface area contributed by atoms with E-state index in [2.05, 4.69) is 0 Å². The fourth-order valence-corrected chi connectivity index (χ4v) is 3.11. The second-order valence-electron chi connectivity index (χ2n) is 5.51. The van der Waals surface area contributed by atoms with E-state index in [-0.39, 0.29) is 12.6 Å². The summed E-state index contributed by atoms with van der Waals surface area (Å²) in [5, 5.41) is 18.8. The maximum atomic E-state index is 11.7. The van der Waals surface area contributed by atoms with E-state index in [1.165, 1.54) is 0 Å². The molecule has 21 heavy (non-hydrogen) atoms. The summed E-state index contributed by atoms with van der Waals surface area (Å²) in [6.45, 7) is -0.240. The molecule has 1 unspecified atom stereocenters. The first kappa shape index (κ1) is 15.5. The molecule has 5 nitrogen and oxygen atoms in total. The molecule has 1 aliphatic rings. The quantitative estimate of drug-likeness (QED) is 0.842. The second-order valence-corrected chi connectivity index (χ2v) is 5.51. The maximum absolute atomic E-state index is 11.7. The standard InChI is InChI=1S/C16H21NO4/c18-14(19)11-17(13-9-5-2-6-10-13)15(16(20)21)12-7-3-1-4-8-12/h1,3-4,7-8,13,15H,2,5-6,9-11H2,(H,18,19)(H,20,21). The molecule has 114 valence electrons. The van der Waals surface area contributed by atoms with Gasteiger partial charge in [-0.3, -0.25) is 14.5 Å². The van der Waals surface area contributed by atoms with E-state index < -0.39 is 18.0 Å². The average Bonchev–Trinajstić information content (AvgIpc) is 2.48. The van der Waals surface area contributed by atoms with Crippen LogP contribution in [0.25, 0.3) is 0 Å². The van der Waals surface area contributed by atoms with Crippen LogP contribution in [0.15, 0.2) is 30.3 Å². The summed E-state index contributed by atoms with van der Waals surface area (Å²) in [5.74, 6) is -1.98. The molecule has 0 aromatic heterocycles. The third-order valence-corrected chi connectivity index (χ3v) is 4.04. The van der Waals surface area contributed by atoms with Crippen LogP contribution in [0.1, 0.15) is 43.7 Å². The number of benzene rings is 1. The van der Waals surface area contributed by atoms with Gasteiger partial charge in [0, 0.05) is 6.04 Å². The Kier molecular flexibility index (Phi) is 5.33. The van der Waals surface area contributed by atoms with Crippen molar-refractivity contribution in [3.05, 3.63) is 35.9 Å². The molecule has 0 amide bonds.